The van der Waals surface area contributed by atoms with Gasteiger partial charge in [0.05, 0.1) is 18.5 Å². The SMILES string of the molecule is FC(F)(F)c1ccc(OCCC(Cn2ccnc2)c2ccc(Cl)cc2Cl)cc1. The van der Waals surface area contributed by atoms with Crippen molar-refractivity contribution in [3.05, 3.63) is 82.4 Å². The van der Waals surface area contributed by atoms with Crippen LogP contribution in [0, 0.1) is 0 Å². The molecular formula is C20H17Cl2F3N2O. The van der Waals surface area contributed by atoms with Crippen LogP contribution in [0.1, 0.15) is 23.5 Å². The van der Waals surface area contributed by atoms with Gasteiger partial charge in [0.15, 0.2) is 0 Å². The molecule has 3 aromatic rings. The zero-order valence-electron chi connectivity index (χ0n) is 14.7. The van der Waals surface area contributed by atoms with Gasteiger partial charge < -0.3 is 9.30 Å². The average molecular weight is 429 g/mol. The van der Waals surface area contributed by atoms with Crippen molar-refractivity contribution in [3.63, 3.8) is 0 Å². The maximum atomic E-state index is 12.6. The highest BCUT2D eigenvalue weighted by Crippen LogP contribution is 2.32. The number of halogens is 5. The Labute approximate surface area is 170 Å². The maximum absolute atomic E-state index is 12.6. The van der Waals surface area contributed by atoms with E-state index < -0.39 is 11.7 Å². The molecule has 0 saturated carbocycles. The molecule has 1 unspecified atom stereocenters. The van der Waals surface area contributed by atoms with Crippen molar-refractivity contribution in [1.29, 1.82) is 0 Å². The quantitative estimate of drug-likeness (QED) is 0.431. The molecule has 3 nitrogen and oxygen atoms in total. The van der Waals surface area contributed by atoms with E-state index in [1.807, 2.05) is 16.8 Å². The Kier molecular flexibility index (Phi) is 6.52. The van der Waals surface area contributed by atoms with Crippen LogP contribution in [0.25, 0.3) is 0 Å². The van der Waals surface area contributed by atoms with Crippen LogP contribution in [0.4, 0.5) is 13.2 Å². The molecule has 28 heavy (non-hydrogen) atoms. The van der Waals surface area contributed by atoms with Crippen LogP contribution < -0.4 is 4.74 Å². The van der Waals surface area contributed by atoms with Gasteiger partial charge in [-0.3, -0.25) is 0 Å². The standard InChI is InChI=1S/C20H17Cl2F3N2O/c21-16-3-6-18(19(22)11-16)14(12-27-9-8-26-13-27)7-10-28-17-4-1-15(2-5-17)20(23,24)25/h1-6,8-9,11,13-14H,7,10,12H2. The maximum Gasteiger partial charge on any atom is 0.416 e. The topological polar surface area (TPSA) is 27.1 Å². The largest absolute Gasteiger partial charge is 0.494 e. The van der Waals surface area contributed by atoms with Gasteiger partial charge in [-0.15, -0.1) is 0 Å². The average Bonchev–Trinajstić information content (AvgIpc) is 3.14. The third kappa shape index (κ3) is 5.42. The summed E-state index contributed by atoms with van der Waals surface area (Å²) in [6, 6.07) is 10.0. The number of rotatable bonds is 7. The Bertz CT molecular complexity index is 897. The predicted octanol–water partition coefficient (Wildman–Crippen LogP) is 6.46. The van der Waals surface area contributed by atoms with Gasteiger partial charge in [-0.1, -0.05) is 29.3 Å². The second-order valence-corrected chi connectivity index (χ2v) is 7.13. The highest BCUT2D eigenvalue weighted by atomic mass is 35.5. The lowest BCUT2D eigenvalue weighted by Gasteiger charge is -2.20. The molecule has 0 aliphatic carbocycles. The lowest BCUT2D eigenvalue weighted by molar-refractivity contribution is -0.137. The molecule has 0 aliphatic rings. The Morgan fingerprint density at radius 3 is 2.43 bits per heavy atom. The molecule has 0 aliphatic heterocycles. The van der Waals surface area contributed by atoms with E-state index in [-0.39, 0.29) is 5.92 Å². The van der Waals surface area contributed by atoms with Crippen LogP contribution in [-0.2, 0) is 12.7 Å². The van der Waals surface area contributed by atoms with Gasteiger partial charge in [-0.2, -0.15) is 13.2 Å². The fraction of sp³-hybridized carbons (Fsp3) is 0.250. The monoisotopic (exact) mass is 428 g/mol. The Morgan fingerprint density at radius 2 is 1.82 bits per heavy atom. The van der Waals surface area contributed by atoms with Crippen molar-refractivity contribution in [2.75, 3.05) is 6.61 Å². The second-order valence-electron chi connectivity index (χ2n) is 6.28. The highest BCUT2D eigenvalue weighted by molar-refractivity contribution is 6.35. The molecule has 8 heteroatoms. The number of alkyl halides is 3. The molecule has 0 bridgehead atoms. The fourth-order valence-electron chi connectivity index (χ4n) is 2.89. The summed E-state index contributed by atoms with van der Waals surface area (Å²) in [5.74, 6) is 0.407. The molecule has 1 heterocycles. The molecule has 0 radical (unpaired) electrons. The van der Waals surface area contributed by atoms with Gasteiger partial charge in [-0.05, 0) is 48.4 Å². The number of hydrogen-bond acceptors (Lipinski definition) is 2. The minimum absolute atomic E-state index is 0.0217. The van der Waals surface area contributed by atoms with Gasteiger partial charge in [-0.25, -0.2) is 4.98 Å². The Hall–Kier alpha value is -2.18. The number of nitrogens with zero attached hydrogens (tertiary/aromatic N) is 2. The number of aromatic nitrogens is 2. The van der Waals surface area contributed by atoms with Crippen LogP contribution in [0.5, 0.6) is 5.75 Å². The number of hydrogen-bond donors (Lipinski definition) is 0. The summed E-state index contributed by atoms with van der Waals surface area (Å²) in [4.78, 5) is 4.05. The number of ether oxygens (including phenoxy) is 1. The van der Waals surface area contributed by atoms with E-state index >= 15 is 0 Å². The first-order chi connectivity index (χ1) is 13.3. The van der Waals surface area contributed by atoms with Crippen molar-refractivity contribution in [3.8, 4) is 5.75 Å². The highest BCUT2D eigenvalue weighted by Gasteiger charge is 2.30. The minimum Gasteiger partial charge on any atom is -0.494 e. The first-order valence-electron chi connectivity index (χ1n) is 8.53. The van der Waals surface area contributed by atoms with Crippen LogP contribution in [-0.4, -0.2) is 16.2 Å². The Morgan fingerprint density at radius 1 is 1.07 bits per heavy atom. The molecule has 1 atom stereocenters. The van der Waals surface area contributed by atoms with E-state index in [4.69, 9.17) is 27.9 Å². The molecule has 0 fully saturated rings. The third-order valence-electron chi connectivity index (χ3n) is 4.31. The van der Waals surface area contributed by atoms with Crippen molar-refractivity contribution >= 4 is 23.2 Å². The van der Waals surface area contributed by atoms with E-state index in [0.29, 0.717) is 35.4 Å². The van der Waals surface area contributed by atoms with Gasteiger partial charge in [0, 0.05) is 34.9 Å². The molecule has 0 N–H and O–H groups in total. The first-order valence-corrected chi connectivity index (χ1v) is 9.29. The van der Waals surface area contributed by atoms with E-state index in [2.05, 4.69) is 4.98 Å². The van der Waals surface area contributed by atoms with Crippen molar-refractivity contribution in [2.24, 2.45) is 0 Å². The van der Waals surface area contributed by atoms with Gasteiger partial charge in [0.25, 0.3) is 0 Å². The van der Waals surface area contributed by atoms with Crippen LogP contribution in [0.3, 0.4) is 0 Å². The molecule has 148 valence electrons. The van der Waals surface area contributed by atoms with Crippen molar-refractivity contribution in [1.82, 2.24) is 9.55 Å². The summed E-state index contributed by atoms with van der Waals surface area (Å²) in [6.07, 6.45) is 1.51. The molecule has 0 amide bonds. The van der Waals surface area contributed by atoms with Crippen LogP contribution in [0.2, 0.25) is 10.0 Å². The van der Waals surface area contributed by atoms with Gasteiger partial charge in [0.2, 0.25) is 0 Å². The lowest BCUT2D eigenvalue weighted by Crippen LogP contribution is -2.13. The number of imidazole rings is 1. The van der Waals surface area contributed by atoms with Crippen LogP contribution >= 0.6 is 23.2 Å². The van der Waals surface area contributed by atoms with Crippen LogP contribution in [0.15, 0.2) is 61.2 Å². The zero-order valence-corrected chi connectivity index (χ0v) is 16.2. The molecule has 0 saturated heterocycles. The molecular weight excluding hydrogens is 412 g/mol. The normalized spacial score (nSPS) is 12.8. The van der Waals surface area contributed by atoms with Crippen molar-refractivity contribution < 1.29 is 17.9 Å². The van der Waals surface area contributed by atoms with E-state index in [0.717, 1.165) is 17.7 Å². The van der Waals surface area contributed by atoms with E-state index in [9.17, 15) is 13.2 Å². The fourth-order valence-corrected chi connectivity index (χ4v) is 3.45. The van der Waals surface area contributed by atoms with Gasteiger partial charge in [0.1, 0.15) is 5.75 Å². The summed E-state index contributed by atoms with van der Waals surface area (Å²) < 4.78 is 45.5. The van der Waals surface area contributed by atoms with Crippen molar-refractivity contribution in [2.45, 2.75) is 25.1 Å². The summed E-state index contributed by atoms with van der Waals surface area (Å²) >= 11 is 12.4. The molecule has 0 spiro atoms. The third-order valence-corrected chi connectivity index (χ3v) is 4.87. The Balaban J connectivity index is 1.67. The molecule has 3 rings (SSSR count). The summed E-state index contributed by atoms with van der Waals surface area (Å²) in [5, 5.41) is 1.11. The first kappa shape index (κ1) is 20.6. The smallest absolute Gasteiger partial charge is 0.416 e. The van der Waals surface area contributed by atoms with E-state index in [1.165, 1.54) is 12.1 Å². The summed E-state index contributed by atoms with van der Waals surface area (Å²) in [5.41, 5.74) is 0.224. The summed E-state index contributed by atoms with van der Waals surface area (Å²) in [7, 11) is 0. The van der Waals surface area contributed by atoms with E-state index in [1.54, 1.807) is 24.7 Å². The number of benzene rings is 2. The zero-order chi connectivity index (χ0) is 20.1. The second kappa shape index (κ2) is 8.88. The predicted molar refractivity (Wildman–Crippen MR) is 103 cm³/mol. The van der Waals surface area contributed by atoms with Gasteiger partial charge >= 0.3 is 6.18 Å². The summed E-state index contributed by atoms with van der Waals surface area (Å²) in [6.45, 7) is 0.960. The molecule has 2 aromatic carbocycles. The lowest BCUT2D eigenvalue weighted by atomic mass is 9.95. The minimum atomic E-state index is -4.36. The molecule has 1 aromatic heterocycles.